The van der Waals surface area contributed by atoms with Crippen LogP contribution in [0.2, 0.25) is 0 Å². The first-order chi connectivity index (χ1) is 8.69. The van der Waals surface area contributed by atoms with Gasteiger partial charge in [0.1, 0.15) is 6.54 Å². The number of carbonyl (C=O) groups is 2. The van der Waals surface area contributed by atoms with E-state index in [2.05, 4.69) is 15.2 Å². The van der Waals surface area contributed by atoms with E-state index < -0.39 is 5.97 Å². The topological polar surface area (TPSA) is 73.2 Å². The second-order valence-corrected chi connectivity index (χ2v) is 4.47. The lowest BCUT2D eigenvalue weighted by atomic mass is 10.2. The molecule has 98 valence electrons. The molecule has 1 fully saturated rings. The molecule has 0 aromatic carbocycles. The van der Waals surface area contributed by atoms with Gasteiger partial charge in [-0.25, -0.2) is 4.79 Å². The van der Waals surface area contributed by atoms with Crippen LogP contribution in [0.5, 0.6) is 0 Å². The fraction of sp³-hybridized carbons (Fsp3) is 0.583. The number of methoxy groups -OCH3 is 1. The molecular weight excluding hydrogens is 234 g/mol. The number of carbonyl (C=O) groups excluding carboxylic acids is 2. The first-order valence-corrected chi connectivity index (χ1v) is 6.09. The van der Waals surface area contributed by atoms with Crippen molar-refractivity contribution in [2.45, 2.75) is 38.3 Å². The van der Waals surface area contributed by atoms with Gasteiger partial charge in [-0.3, -0.25) is 9.48 Å². The van der Waals surface area contributed by atoms with Crippen molar-refractivity contribution in [3.05, 3.63) is 18.0 Å². The summed E-state index contributed by atoms with van der Waals surface area (Å²) >= 11 is 0. The number of rotatable bonds is 4. The van der Waals surface area contributed by atoms with E-state index in [-0.39, 0.29) is 12.5 Å². The van der Waals surface area contributed by atoms with Gasteiger partial charge in [0.25, 0.3) is 0 Å². The normalized spacial score (nSPS) is 15.6. The van der Waals surface area contributed by atoms with Gasteiger partial charge in [-0.05, 0) is 12.8 Å². The van der Waals surface area contributed by atoms with Crippen LogP contribution in [0.15, 0.2) is 12.4 Å². The monoisotopic (exact) mass is 251 g/mol. The van der Waals surface area contributed by atoms with Crippen LogP contribution in [0.3, 0.4) is 0 Å². The third-order valence-corrected chi connectivity index (χ3v) is 3.08. The van der Waals surface area contributed by atoms with E-state index in [0.29, 0.717) is 11.6 Å². The molecule has 1 saturated carbocycles. The molecule has 1 aromatic heterocycles. The van der Waals surface area contributed by atoms with E-state index in [0.717, 1.165) is 12.8 Å². The average Bonchev–Trinajstić information content (AvgIpc) is 2.99. The van der Waals surface area contributed by atoms with Gasteiger partial charge in [0, 0.05) is 12.2 Å². The van der Waals surface area contributed by atoms with Gasteiger partial charge in [-0.2, -0.15) is 5.10 Å². The molecule has 2 rings (SSSR count). The molecule has 1 amide bonds. The maximum atomic E-state index is 11.7. The van der Waals surface area contributed by atoms with Crippen LogP contribution in [0.25, 0.3) is 0 Å². The number of esters is 1. The summed E-state index contributed by atoms with van der Waals surface area (Å²) in [5.74, 6) is -0.515. The molecule has 1 heterocycles. The largest absolute Gasteiger partial charge is 0.465 e. The molecule has 0 atom stereocenters. The van der Waals surface area contributed by atoms with Crippen LogP contribution in [0.1, 0.15) is 36.0 Å². The molecule has 6 heteroatoms. The first-order valence-electron chi connectivity index (χ1n) is 6.09. The quantitative estimate of drug-likeness (QED) is 0.801. The van der Waals surface area contributed by atoms with Gasteiger partial charge in [0.05, 0.1) is 18.9 Å². The Morgan fingerprint density at radius 3 is 2.89 bits per heavy atom. The average molecular weight is 251 g/mol. The maximum absolute atomic E-state index is 11.7. The molecule has 6 nitrogen and oxygen atoms in total. The second-order valence-electron chi connectivity index (χ2n) is 4.47. The minimum atomic E-state index is -0.447. The van der Waals surface area contributed by atoms with E-state index in [4.69, 9.17) is 0 Å². The summed E-state index contributed by atoms with van der Waals surface area (Å²) in [7, 11) is 1.31. The van der Waals surface area contributed by atoms with E-state index in [9.17, 15) is 9.59 Å². The van der Waals surface area contributed by atoms with E-state index in [1.165, 1.54) is 37.0 Å². The zero-order chi connectivity index (χ0) is 13.0. The molecule has 1 aromatic rings. The Labute approximate surface area is 105 Å². The summed E-state index contributed by atoms with van der Waals surface area (Å²) in [5.41, 5.74) is 0.353. The second kappa shape index (κ2) is 5.66. The Morgan fingerprint density at radius 1 is 1.50 bits per heavy atom. The Kier molecular flexibility index (Phi) is 3.96. The van der Waals surface area contributed by atoms with Crippen LogP contribution in [0.4, 0.5) is 0 Å². The number of nitrogens with one attached hydrogen (secondary N) is 1. The highest BCUT2D eigenvalue weighted by Crippen LogP contribution is 2.17. The fourth-order valence-corrected chi connectivity index (χ4v) is 2.16. The molecule has 0 spiro atoms. The smallest absolute Gasteiger partial charge is 0.341 e. The lowest BCUT2D eigenvalue weighted by molar-refractivity contribution is -0.122. The van der Waals surface area contributed by atoms with Gasteiger partial charge in [0.2, 0.25) is 5.91 Å². The summed E-state index contributed by atoms with van der Waals surface area (Å²) in [6.07, 6.45) is 7.38. The number of hydrogen-bond acceptors (Lipinski definition) is 4. The fourth-order valence-electron chi connectivity index (χ4n) is 2.16. The number of amides is 1. The zero-order valence-corrected chi connectivity index (χ0v) is 10.4. The van der Waals surface area contributed by atoms with Crippen LogP contribution >= 0.6 is 0 Å². The number of aromatic nitrogens is 2. The van der Waals surface area contributed by atoms with Crippen molar-refractivity contribution < 1.29 is 14.3 Å². The Morgan fingerprint density at radius 2 is 2.22 bits per heavy atom. The first kappa shape index (κ1) is 12.6. The standard InChI is InChI=1S/C12H17N3O3/c1-18-12(17)9-6-13-15(7-9)8-11(16)14-10-4-2-3-5-10/h6-7,10H,2-5,8H2,1H3,(H,14,16). The summed E-state index contributed by atoms with van der Waals surface area (Å²) in [6.45, 7) is 0.132. The van der Waals surface area contributed by atoms with E-state index in [1.54, 1.807) is 0 Å². The van der Waals surface area contributed by atoms with Crippen molar-refractivity contribution >= 4 is 11.9 Å². The highest BCUT2D eigenvalue weighted by atomic mass is 16.5. The van der Waals surface area contributed by atoms with Gasteiger partial charge in [-0.15, -0.1) is 0 Å². The third kappa shape index (κ3) is 3.09. The molecule has 1 aliphatic rings. The predicted molar refractivity (Wildman–Crippen MR) is 64.0 cm³/mol. The summed E-state index contributed by atoms with van der Waals surface area (Å²) in [4.78, 5) is 22.9. The summed E-state index contributed by atoms with van der Waals surface area (Å²) < 4.78 is 6.01. The molecule has 1 N–H and O–H groups in total. The van der Waals surface area contributed by atoms with Crippen molar-refractivity contribution in [3.63, 3.8) is 0 Å². The van der Waals surface area contributed by atoms with Crippen molar-refractivity contribution in [1.82, 2.24) is 15.1 Å². The van der Waals surface area contributed by atoms with Crippen molar-refractivity contribution in [2.24, 2.45) is 0 Å². The predicted octanol–water partition coefficient (Wildman–Crippen LogP) is 0.728. The molecule has 18 heavy (non-hydrogen) atoms. The minimum absolute atomic E-state index is 0.0681. The Hall–Kier alpha value is -1.85. The highest BCUT2D eigenvalue weighted by Gasteiger charge is 2.17. The van der Waals surface area contributed by atoms with Crippen LogP contribution in [-0.2, 0) is 16.1 Å². The van der Waals surface area contributed by atoms with Crippen LogP contribution in [-0.4, -0.2) is 34.8 Å². The van der Waals surface area contributed by atoms with Gasteiger partial charge >= 0.3 is 5.97 Å². The molecule has 1 aliphatic carbocycles. The van der Waals surface area contributed by atoms with E-state index in [1.807, 2.05) is 0 Å². The highest BCUT2D eigenvalue weighted by molar-refractivity contribution is 5.88. The van der Waals surface area contributed by atoms with E-state index >= 15 is 0 Å². The number of nitrogens with zero attached hydrogens (tertiary/aromatic N) is 2. The molecule has 0 unspecified atom stereocenters. The lowest BCUT2D eigenvalue weighted by Gasteiger charge is -2.11. The maximum Gasteiger partial charge on any atom is 0.341 e. The van der Waals surface area contributed by atoms with Crippen molar-refractivity contribution in [1.29, 1.82) is 0 Å². The van der Waals surface area contributed by atoms with Gasteiger partial charge in [0.15, 0.2) is 0 Å². The molecule has 0 radical (unpaired) electrons. The third-order valence-electron chi connectivity index (χ3n) is 3.08. The molecule has 0 aliphatic heterocycles. The zero-order valence-electron chi connectivity index (χ0n) is 10.4. The Balaban J connectivity index is 1.86. The minimum Gasteiger partial charge on any atom is -0.465 e. The summed E-state index contributed by atoms with van der Waals surface area (Å²) in [6, 6.07) is 0.299. The summed E-state index contributed by atoms with van der Waals surface area (Å²) in [5, 5.41) is 6.92. The van der Waals surface area contributed by atoms with Crippen molar-refractivity contribution in [3.8, 4) is 0 Å². The van der Waals surface area contributed by atoms with Gasteiger partial charge < -0.3 is 10.1 Å². The van der Waals surface area contributed by atoms with Crippen molar-refractivity contribution in [2.75, 3.05) is 7.11 Å². The molecule has 0 saturated heterocycles. The SMILES string of the molecule is COC(=O)c1cnn(CC(=O)NC2CCCC2)c1. The van der Waals surface area contributed by atoms with Crippen LogP contribution < -0.4 is 5.32 Å². The molecule has 0 bridgehead atoms. The lowest BCUT2D eigenvalue weighted by Crippen LogP contribution is -2.35. The number of ether oxygens (including phenoxy) is 1. The number of hydrogen-bond donors (Lipinski definition) is 1. The van der Waals surface area contributed by atoms with Crippen LogP contribution in [0, 0.1) is 0 Å². The Bertz CT molecular complexity index is 436. The van der Waals surface area contributed by atoms with Gasteiger partial charge in [-0.1, -0.05) is 12.8 Å². The molecular formula is C12H17N3O3.